The van der Waals surface area contributed by atoms with E-state index in [1.54, 1.807) is 6.07 Å². The number of hydrogen-bond acceptors (Lipinski definition) is 2. The van der Waals surface area contributed by atoms with Gasteiger partial charge >= 0.3 is 0 Å². The standard InChI is InChI=1S/C19H11BrO2/c20-14-6-3-5-13(10-14)18-11-16(21)19-15-7-2-1-4-12(15)8-9-17(19)22-18/h1-11H. The SMILES string of the molecule is O=c1cc(-c2cccc(Br)c2)oc2ccc3ccccc3c12. The van der Waals surface area contributed by atoms with Gasteiger partial charge in [-0.15, -0.1) is 0 Å². The van der Waals surface area contributed by atoms with Gasteiger partial charge in [-0.2, -0.15) is 0 Å². The number of rotatable bonds is 1. The molecule has 0 spiro atoms. The quantitative estimate of drug-likeness (QED) is 0.431. The van der Waals surface area contributed by atoms with E-state index in [9.17, 15) is 4.79 Å². The molecule has 0 N–H and O–H groups in total. The summed E-state index contributed by atoms with van der Waals surface area (Å²) in [6, 6.07) is 21.0. The lowest BCUT2D eigenvalue weighted by Crippen LogP contribution is -2.01. The molecule has 1 aromatic heterocycles. The lowest BCUT2D eigenvalue weighted by Gasteiger charge is -2.06. The average molecular weight is 351 g/mol. The Bertz CT molecular complexity index is 1060. The first-order chi connectivity index (χ1) is 10.7. The van der Waals surface area contributed by atoms with Crippen molar-refractivity contribution in [3.63, 3.8) is 0 Å². The first-order valence-electron chi connectivity index (χ1n) is 6.94. The molecule has 0 amide bonds. The molecule has 0 aliphatic carbocycles. The minimum absolute atomic E-state index is 0.0203. The second-order valence-electron chi connectivity index (χ2n) is 5.15. The highest BCUT2D eigenvalue weighted by molar-refractivity contribution is 9.10. The Morgan fingerprint density at radius 3 is 2.59 bits per heavy atom. The summed E-state index contributed by atoms with van der Waals surface area (Å²) in [7, 11) is 0. The van der Waals surface area contributed by atoms with Gasteiger partial charge in [0.2, 0.25) is 0 Å². The van der Waals surface area contributed by atoms with Gasteiger partial charge in [0.25, 0.3) is 0 Å². The molecule has 106 valence electrons. The second kappa shape index (κ2) is 5.11. The predicted octanol–water partition coefficient (Wildman–Crippen LogP) is 5.38. The molecule has 0 radical (unpaired) electrons. The molecule has 1 heterocycles. The van der Waals surface area contributed by atoms with Gasteiger partial charge in [0, 0.05) is 16.1 Å². The van der Waals surface area contributed by atoms with E-state index < -0.39 is 0 Å². The highest BCUT2D eigenvalue weighted by atomic mass is 79.9. The molecule has 0 aliphatic rings. The third-order valence-corrected chi connectivity index (χ3v) is 4.22. The molecule has 0 atom stereocenters. The lowest BCUT2D eigenvalue weighted by atomic mass is 10.0. The van der Waals surface area contributed by atoms with Crippen LogP contribution in [0.1, 0.15) is 0 Å². The molecular formula is C19H11BrO2. The fourth-order valence-corrected chi connectivity index (χ4v) is 3.11. The Labute approximate surface area is 135 Å². The minimum Gasteiger partial charge on any atom is -0.456 e. The summed E-state index contributed by atoms with van der Waals surface area (Å²) in [6.07, 6.45) is 0. The van der Waals surface area contributed by atoms with Crippen molar-refractivity contribution in [3.8, 4) is 11.3 Å². The van der Waals surface area contributed by atoms with E-state index in [0.29, 0.717) is 16.7 Å². The van der Waals surface area contributed by atoms with Crippen molar-refractivity contribution in [2.75, 3.05) is 0 Å². The summed E-state index contributed by atoms with van der Waals surface area (Å²) in [4.78, 5) is 12.6. The van der Waals surface area contributed by atoms with Gasteiger partial charge in [0.1, 0.15) is 11.3 Å². The van der Waals surface area contributed by atoms with Crippen LogP contribution in [-0.4, -0.2) is 0 Å². The van der Waals surface area contributed by atoms with Crippen LogP contribution < -0.4 is 5.43 Å². The average Bonchev–Trinajstić information content (AvgIpc) is 2.54. The van der Waals surface area contributed by atoms with Crippen molar-refractivity contribution in [2.45, 2.75) is 0 Å². The number of halogens is 1. The van der Waals surface area contributed by atoms with E-state index in [-0.39, 0.29) is 5.43 Å². The Morgan fingerprint density at radius 2 is 1.73 bits per heavy atom. The van der Waals surface area contributed by atoms with Gasteiger partial charge in [0.05, 0.1) is 5.39 Å². The third kappa shape index (κ3) is 2.14. The summed E-state index contributed by atoms with van der Waals surface area (Å²) in [5, 5.41) is 2.60. The summed E-state index contributed by atoms with van der Waals surface area (Å²) in [6.45, 7) is 0. The molecule has 0 saturated carbocycles. The fraction of sp³-hybridized carbons (Fsp3) is 0. The van der Waals surface area contributed by atoms with Crippen molar-refractivity contribution >= 4 is 37.7 Å². The Balaban J connectivity index is 2.06. The molecule has 0 unspecified atom stereocenters. The monoisotopic (exact) mass is 350 g/mol. The van der Waals surface area contributed by atoms with Crippen molar-refractivity contribution in [1.82, 2.24) is 0 Å². The highest BCUT2D eigenvalue weighted by Gasteiger charge is 2.10. The number of benzene rings is 3. The molecule has 0 saturated heterocycles. The van der Waals surface area contributed by atoms with Crippen LogP contribution in [0.5, 0.6) is 0 Å². The molecule has 2 nitrogen and oxygen atoms in total. The molecule has 3 aromatic carbocycles. The van der Waals surface area contributed by atoms with Crippen LogP contribution in [-0.2, 0) is 0 Å². The van der Waals surface area contributed by atoms with Crippen LogP contribution in [0.3, 0.4) is 0 Å². The summed E-state index contributed by atoms with van der Waals surface area (Å²) in [5.74, 6) is 0.578. The summed E-state index contributed by atoms with van der Waals surface area (Å²) in [5.41, 5.74) is 1.47. The second-order valence-corrected chi connectivity index (χ2v) is 6.06. The lowest BCUT2D eigenvalue weighted by molar-refractivity contribution is 0.619. The Hall–Kier alpha value is -2.39. The maximum Gasteiger partial charge on any atom is 0.193 e. The minimum atomic E-state index is -0.0203. The third-order valence-electron chi connectivity index (χ3n) is 3.73. The molecule has 4 aromatic rings. The van der Waals surface area contributed by atoms with E-state index >= 15 is 0 Å². The van der Waals surface area contributed by atoms with Crippen molar-refractivity contribution < 1.29 is 4.42 Å². The van der Waals surface area contributed by atoms with Crippen molar-refractivity contribution in [3.05, 3.63) is 81.4 Å². The molecule has 3 heteroatoms. The van der Waals surface area contributed by atoms with Gasteiger partial charge < -0.3 is 4.42 Å². The van der Waals surface area contributed by atoms with Crippen molar-refractivity contribution in [2.24, 2.45) is 0 Å². The Kier molecular flexibility index (Phi) is 3.09. The van der Waals surface area contributed by atoms with E-state index in [1.165, 1.54) is 0 Å². The Morgan fingerprint density at radius 1 is 0.864 bits per heavy atom. The van der Waals surface area contributed by atoms with Crippen LogP contribution in [0.2, 0.25) is 0 Å². The van der Waals surface area contributed by atoms with E-state index in [2.05, 4.69) is 15.9 Å². The highest BCUT2D eigenvalue weighted by Crippen LogP contribution is 2.28. The molecular weight excluding hydrogens is 340 g/mol. The first-order valence-corrected chi connectivity index (χ1v) is 7.73. The molecule has 0 fully saturated rings. The van der Waals surface area contributed by atoms with Crippen molar-refractivity contribution in [1.29, 1.82) is 0 Å². The summed E-state index contributed by atoms with van der Waals surface area (Å²) >= 11 is 3.44. The maximum atomic E-state index is 12.6. The fourth-order valence-electron chi connectivity index (χ4n) is 2.71. The number of fused-ring (bicyclic) bond motifs is 3. The zero-order chi connectivity index (χ0) is 15.1. The van der Waals surface area contributed by atoms with Crippen LogP contribution in [0.25, 0.3) is 33.1 Å². The van der Waals surface area contributed by atoms with Crippen LogP contribution >= 0.6 is 15.9 Å². The van der Waals surface area contributed by atoms with E-state index in [0.717, 1.165) is 20.8 Å². The van der Waals surface area contributed by atoms with Gasteiger partial charge in [-0.05, 0) is 29.0 Å². The topological polar surface area (TPSA) is 30.2 Å². The molecule has 22 heavy (non-hydrogen) atoms. The largest absolute Gasteiger partial charge is 0.456 e. The van der Waals surface area contributed by atoms with E-state index in [4.69, 9.17) is 4.42 Å². The molecule has 0 bridgehead atoms. The molecule has 0 aliphatic heterocycles. The van der Waals surface area contributed by atoms with Crippen LogP contribution in [0.4, 0.5) is 0 Å². The number of hydrogen-bond donors (Lipinski definition) is 0. The van der Waals surface area contributed by atoms with Gasteiger partial charge in [-0.25, -0.2) is 0 Å². The van der Waals surface area contributed by atoms with Gasteiger partial charge in [-0.1, -0.05) is 58.4 Å². The van der Waals surface area contributed by atoms with Crippen LogP contribution in [0.15, 0.2) is 80.4 Å². The smallest absolute Gasteiger partial charge is 0.193 e. The van der Waals surface area contributed by atoms with Crippen LogP contribution in [0, 0.1) is 0 Å². The zero-order valence-corrected chi connectivity index (χ0v) is 13.1. The molecule has 4 rings (SSSR count). The predicted molar refractivity (Wildman–Crippen MR) is 93.1 cm³/mol. The normalized spacial score (nSPS) is 11.1. The van der Waals surface area contributed by atoms with Gasteiger partial charge in [-0.3, -0.25) is 4.79 Å². The van der Waals surface area contributed by atoms with Gasteiger partial charge in [0.15, 0.2) is 5.43 Å². The maximum absolute atomic E-state index is 12.6. The zero-order valence-electron chi connectivity index (χ0n) is 11.5. The first kappa shape index (κ1) is 13.3. The van der Waals surface area contributed by atoms with E-state index in [1.807, 2.05) is 60.7 Å². The summed E-state index contributed by atoms with van der Waals surface area (Å²) < 4.78 is 6.92.